The number of fused-ring (bicyclic) bond motifs is 3. The molecule has 0 aliphatic carbocycles. The number of aryl methyl sites for hydroxylation is 2. The molecule has 3 aliphatic rings. The molecule has 3 aliphatic heterocycles. The Bertz CT molecular complexity index is 2680. The number of phenols is 2. The van der Waals surface area contributed by atoms with Gasteiger partial charge in [-0.15, -0.1) is 39.0 Å². The third kappa shape index (κ3) is 8.88. The number of thiophene rings is 1. The van der Waals surface area contributed by atoms with Crippen LogP contribution >= 0.6 is 35.3 Å². The molecule has 3 aromatic carbocycles. The van der Waals surface area contributed by atoms with E-state index in [0.717, 1.165) is 98.4 Å². The van der Waals surface area contributed by atoms with Crippen molar-refractivity contribution >= 4 is 47.0 Å². The largest absolute Gasteiger partial charge is 0.508 e. The molecule has 0 unspecified atom stereocenters. The topological polar surface area (TPSA) is 161 Å². The number of piperazine rings is 1. The van der Waals surface area contributed by atoms with Crippen molar-refractivity contribution in [2.24, 2.45) is 10.9 Å². The molecule has 0 bridgehead atoms. The van der Waals surface area contributed by atoms with Gasteiger partial charge in [0.15, 0.2) is 11.6 Å². The smallest absolute Gasteiger partial charge is 0.319 e. The summed E-state index contributed by atoms with van der Waals surface area (Å²) in [6.45, 7) is 17.4. The van der Waals surface area contributed by atoms with Crippen LogP contribution < -0.4 is 0 Å². The first kappa shape index (κ1) is 45.3. The zero-order chi connectivity index (χ0) is 44.1. The number of nitrogens with zero attached hydrogens (tertiary/aromatic N) is 10. The van der Waals surface area contributed by atoms with E-state index in [0.29, 0.717) is 33.6 Å². The van der Waals surface area contributed by atoms with Crippen molar-refractivity contribution in [3.63, 3.8) is 0 Å². The van der Waals surface area contributed by atoms with Crippen LogP contribution in [-0.4, -0.2) is 117 Å². The van der Waals surface area contributed by atoms with Crippen molar-refractivity contribution in [2.45, 2.75) is 72.4 Å². The number of halogens is 2. The Hall–Kier alpha value is -5.32. The molecule has 2 saturated heterocycles. The molecule has 0 saturated carbocycles. The van der Waals surface area contributed by atoms with Gasteiger partial charge in [-0.3, -0.25) is 19.3 Å². The number of likely N-dealkylation sites (tertiary alicyclic amines) is 1. The van der Waals surface area contributed by atoms with Gasteiger partial charge in [-0.2, -0.15) is 0 Å². The van der Waals surface area contributed by atoms with E-state index >= 15 is 0 Å². The van der Waals surface area contributed by atoms with E-state index in [1.807, 2.05) is 74.2 Å². The summed E-state index contributed by atoms with van der Waals surface area (Å²) in [6, 6.07) is 17.9. The van der Waals surface area contributed by atoms with Crippen LogP contribution in [0.4, 0.5) is 0 Å². The van der Waals surface area contributed by atoms with E-state index in [1.54, 1.807) is 17.4 Å². The van der Waals surface area contributed by atoms with Crippen molar-refractivity contribution in [3.8, 4) is 39.6 Å². The van der Waals surface area contributed by atoms with Gasteiger partial charge in [0.1, 0.15) is 28.4 Å². The quantitative estimate of drug-likeness (QED) is 0.122. The van der Waals surface area contributed by atoms with Crippen LogP contribution in [0.25, 0.3) is 22.1 Å². The van der Waals surface area contributed by atoms with E-state index in [-0.39, 0.29) is 54.0 Å². The average Bonchev–Trinajstić information content (AvgIpc) is 3.91. The maximum atomic E-state index is 14.1. The highest BCUT2D eigenvalue weighted by molar-refractivity contribution is 7.15. The zero-order valence-electron chi connectivity index (χ0n) is 36.7. The molecule has 336 valence electrons. The van der Waals surface area contributed by atoms with Crippen LogP contribution in [0.15, 0.2) is 65.7 Å². The molecule has 2 fully saturated rings. The number of aromatic nitrogens is 6. The van der Waals surface area contributed by atoms with Crippen molar-refractivity contribution in [1.29, 1.82) is 0 Å². The average molecular weight is 926 g/mol. The van der Waals surface area contributed by atoms with Gasteiger partial charge in [-0.05, 0) is 92.5 Å². The molecule has 3 aromatic heterocycles. The normalized spacial score (nSPS) is 17.2. The molecule has 64 heavy (non-hydrogen) atoms. The minimum Gasteiger partial charge on any atom is -0.508 e. The SMILES string of the molecule is Cc1sc2c(c1C)C(c1ccc(Cl)cc1)=N[C@@H](CC(=O)N1CCC(CN3CCN(Cc4ccc(-n5c(O)nnc5-c5cc(C(C)C)c(O)cc5O)cc4)CC3)CC1)c1nnc(C)n1-2.Cl. The number of aliphatic imine (C=N–C) groups is 1. The Balaban J connectivity index is 0.00000560. The number of hydrogen-bond acceptors (Lipinski definition) is 12. The molecule has 0 spiro atoms. The summed E-state index contributed by atoms with van der Waals surface area (Å²) < 4.78 is 3.60. The number of aromatic hydroxyl groups is 3. The number of piperidine rings is 1. The lowest BCUT2D eigenvalue weighted by Gasteiger charge is -2.39. The molecule has 1 atom stereocenters. The monoisotopic (exact) mass is 924 g/mol. The van der Waals surface area contributed by atoms with Crippen LogP contribution in [0.5, 0.6) is 17.5 Å². The van der Waals surface area contributed by atoms with Crippen molar-refractivity contribution in [1.82, 2.24) is 44.2 Å². The summed E-state index contributed by atoms with van der Waals surface area (Å²) in [4.78, 5) is 27.6. The fraction of sp³-hybridized carbons (Fsp3) is 0.404. The standard InChI is InChI=1S/C47H53ClN10O4S.ClH/c1-27(2)36-22-37(40(60)24-39(36)59)44-51-53-47(62)58(44)35-12-6-31(7-13-35)25-54-18-20-55(21-19-54)26-32-14-16-56(17-15-32)41(61)23-38-45-52-50-30(5)57(45)46-42(28(3)29(4)63-46)43(49-38)33-8-10-34(48)11-9-33;/h6-13,22,24,27,32,38,59-60H,14-21,23,25-26H2,1-5H3,(H,53,62);1H/t38-;/m0./s1. The number of benzene rings is 3. The maximum Gasteiger partial charge on any atom is 0.319 e. The molecule has 6 aromatic rings. The lowest BCUT2D eigenvalue weighted by Crippen LogP contribution is -2.48. The Labute approximate surface area is 388 Å². The number of carbonyl (C=O) groups is 1. The van der Waals surface area contributed by atoms with Gasteiger partial charge in [0.25, 0.3) is 0 Å². The summed E-state index contributed by atoms with van der Waals surface area (Å²) in [7, 11) is 0. The third-order valence-corrected chi connectivity index (χ3v) is 14.4. The van der Waals surface area contributed by atoms with E-state index in [9.17, 15) is 20.1 Å². The predicted octanol–water partition coefficient (Wildman–Crippen LogP) is 8.16. The summed E-state index contributed by atoms with van der Waals surface area (Å²) in [5.41, 5.74) is 6.90. The molecule has 0 radical (unpaired) electrons. The Morgan fingerprint density at radius 1 is 0.828 bits per heavy atom. The van der Waals surface area contributed by atoms with Gasteiger partial charge in [0.2, 0.25) is 5.91 Å². The third-order valence-electron chi connectivity index (χ3n) is 12.9. The molecule has 6 heterocycles. The fourth-order valence-electron chi connectivity index (χ4n) is 9.22. The second-order valence-electron chi connectivity index (χ2n) is 17.4. The maximum absolute atomic E-state index is 14.1. The van der Waals surface area contributed by atoms with Crippen molar-refractivity contribution in [2.75, 3.05) is 45.8 Å². The highest BCUT2D eigenvalue weighted by Crippen LogP contribution is 2.41. The molecule has 17 heteroatoms. The second-order valence-corrected chi connectivity index (χ2v) is 19.1. The second kappa shape index (κ2) is 18.6. The number of carbonyl (C=O) groups excluding carboxylic acids is 1. The summed E-state index contributed by atoms with van der Waals surface area (Å²) in [6.07, 6.45) is 2.18. The number of rotatable bonds is 10. The summed E-state index contributed by atoms with van der Waals surface area (Å²) in [5, 5.41) is 50.5. The van der Waals surface area contributed by atoms with Crippen molar-refractivity contribution in [3.05, 3.63) is 110 Å². The Kier molecular flexibility index (Phi) is 13.2. The summed E-state index contributed by atoms with van der Waals surface area (Å²) >= 11 is 8.00. The fourth-order valence-corrected chi connectivity index (χ4v) is 10.6. The Morgan fingerprint density at radius 3 is 2.20 bits per heavy atom. The predicted molar refractivity (Wildman–Crippen MR) is 252 cm³/mol. The van der Waals surface area contributed by atoms with Gasteiger partial charge in [0, 0.05) is 79.5 Å². The Morgan fingerprint density at radius 2 is 1.52 bits per heavy atom. The van der Waals surface area contributed by atoms with Gasteiger partial charge >= 0.3 is 6.01 Å². The highest BCUT2D eigenvalue weighted by atomic mass is 35.5. The van der Waals surface area contributed by atoms with Crippen molar-refractivity contribution < 1.29 is 20.1 Å². The van der Waals surface area contributed by atoms with Crippen LogP contribution in [0.2, 0.25) is 5.02 Å². The molecule has 3 N–H and O–H groups in total. The van der Waals surface area contributed by atoms with Crippen LogP contribution in [-0.2, 0) is 11.3 Å². The van der Waals surface area contributed by atoms with E-state index in [4.69, 9.17) is 16.6 Å². The van der Waals surface area contributed by atoms with Gasteiger partial charge in [-0.1, -0.05) is 54.8 Å². The van der Waals surface area contributed by atoms with Crippen LogP contribution in [0.1, 0.15) is 89.4 Å². The molecular formula is C47H54Cl2N10O4S. The lowest BCUT2D eigenvalue weighted by molar-refractivity contribution is -0.133. The first-order valence-electron chi connectivity index (χ1n) is 21.7. The van der Waals surface area contributed by atoms with E-state index < -0.39 is 6.04 Å². The van der Waals surface area contributed by atoms with Gasteiger partial charge in [0.05, 0.1) is 23.4 Å². The van der Waals surface area contributed by atoms with Gasteiger partial charge in [-0.25, -0.2) is 4.57 Å². The van der Waals surface area contributed by atoms with E-state index in [1.165, 1.54) is 21.1 Å². The van der Waals surface area contributed by atoms with Crippen LogP contribution in [0.3, 0.4) is 0 Å². The first-order valence-corrected chi connectivity index (χ1v) is 22.9. The minimum absolute atomic E-state index is 0. The lowest BCUT2D eigenvalue weighted by atomic mass is 9.95. The number of hydrogen-bond donors (Lipinski definition) is 3. The van der Waals surface area contributed by atoms with Crippen LogP contribution in [0, 0.1) is 26.7 Å². The summed E-state index contributed by atoms with van der Waals surface area (Å²) in [5.74, 6) is 2.28. The number of amides is 1. The molecule has 1 amide bonds. The number of phenolic OH excluding ortho intramolecular Hbond substituents is 2. The first-order chi connectivity index (χ1) is 30.3. The van der Waals surface area contributed by atoms with E-state index in [2.05, 4.69) is 48.6 Å². The van der Waals surface area contributed by atoms with Gasteiger partial charge < -0.3 is 25.1 Å². The minimum atomic E-state index is -0.476. The highest BCUT2D eigenvalue weighted by Gasteiger charge is 2.34. The molecule has 14 nitrogen and oxygen atoms in total. The zero-order valence-corrected chi connectivity index (χ0v) is 39.1. The molecule has 9 rings (SSSR count). The molecular weight excluding hydrogens is 872 g/mol.